The maximum atomic E-state index is 5.43. The van der Waals surface area contributed by atoms with Crippen molar-refractivity contribution in [2.75, 3.05) is 50.8 Å². The first-order chi connectivity index (χ1) is 14.0. The fourth-order valence-corrected chi connectivity index (χ4v) is 3.73. The molecule has 2 N–H and O–H groups in total. The van der Waals surface area contributed by atoms with E-state index in [-0.39, 0.29) is 24.0 Å². The van der Waals surface area contributed by atoms with Gasteiger partial charge >= 0.3 is 0 Å². The second-order valence-corrected chi connectivity index (χ2v) is 8.17. The van der Waals surface area contributed by atoms with Crippen LogP contribution >= 0.6 is 24.0 Å². The maximum Gasteiger partial charge on any atom is 0.191 e. The van der Waals surface area contributed by atoms with Gasteiger partial charge in [-0.05, 0) is 58.7 Å². The van der Waals surface area contributed by atoms with Crippen molar-refractivity contribution in [3.8, 4) is 0 Å². The minimum atomic E-state index is 0. The minimum absolute atomic E-state index is 0. The Morgan fingerprint density at radius 2 is 1.70 bits per heavy atom. The molecule has 2 rings (SSSR count). The summed E-state index contributed by atoms with van der Waals surface area (Å²) in [4.78, 5) is 9.66. The lowest BCUT2D eigenvalue weighted by Crippen LogP contribution is -2.41. The van der Waals surface area contributed by atoms with E-state index < -0.39 is 0 Å². The van der Waals surface area contributed by atoms with Crippen LogP contribution in [0.4, 0.5) is 5.69 Å². The first-order valence-corrected chi connectivity index (χ1v) is 11.2. The standard InChI is InChI=1S/C23H41N5O.HI/c1-6-24-23(25-12-7-13-28(19(2)3)20(4)5)26-18-21-8-10-22(11-9-21)27-14-16-29-17-15-27;/h8-11,19-20H,6-7,12-18H2,1-5H3,(H2,24,25,26);1H. The molecule has 1 heterocycles. The van der Waals surface area contributed by atoms with Crippen LogP contribution in [0.2, 0.25) is 0 Å². The average Bonchev–Trinajstić information content (AvgIpc) is 2.72. The molecule has 1 fully saturated rings. The van der Waals surface area contributed by atoms with Crippen LogP contribution in [0.15, 0.2) is 29.3 Å². The van der Waals surface area contributed by atoms with Crippen molar-refractivity contribution in [3.63, 3.8) is 0 Å². The molecule has 0 amide bonds. The third-order valence-electron chi connectivity index (χ3n) is 5.29. The summed E-state index contributed by atoms with van der Waals surface area (Å²) < 4.78 is 5.43. The Morgan fingerprint density at radius 3 is 2.27 bits per heavy atom. The minimum Gasteiger partial charge on any atom is -0.378 e. The molecule has 1 aromatic carbocycles. The van der Waals surface area contributed by atoms with Gasteiger partial charge in [0.05, 0.1) is 19.8 Å². The van der Waals surface area contributed by atoms with Crippen molar-refractivity contribution in [1.82, 2.24) is 15.5 Å². The van der Waals surface area contributed by atoms with E-state index in [1.54, 1.807) is 0 Å². The predicted octanol–water partition coefficient (Wildman–Crippen LogP) is 3.71. The molecule has 0 bridgehead atoms. The Balaban J connectivity index is 0.00000450. The van der Waals surface area contributed by atoms with E-state index in [2.05, 4.69) is 79.3 Å². The third-order valence-corrected chi connectivity index (χ3v) is 5.29. The SMILES string of the molecule is CCNC(=NCc1ccc(N2CCOCC2)cc1)NCCCN(C(C)C)C(C)C.I. The number of ether oxygens (including phenoxy) is 1. The van der Waals surface area contributed by atoms with Crippen LogP contribution in [0.1, 0.15) is 46.6 Å². The number of rotatable bonds is 10. The number of halogens is 1. The van der Waals surface area contributed by atoms with E-state index in [0.29, 0.717) is 18.6 Å². The van der Waals surface area contributed by atoms with Crippen LogP contribution in [0, 0.1) is 0 Å². The second-order valence-electron chi connectivity index (χ2n) is 8.17. The van der Waals surface area contributed by atoms with Crippen LogP contribution in [-0.2, 0) is 11.3 Å². The van der Waals surface area contributed by atoms with Crippen molar-refractivity contribution >= 4 is 35.6 Å². The van der Waals surface area contributed by atoms with Crippen molar-refractivity contribution in [3.05, 3.63) is 29.8 Å². The van der Waals surface area contributed by atoms with E-state index in [1.807, 2.05) is 0 Å². The second kappa shape index (κ2) is 14.9. The molecule has 0 unspecified atom stereocenters. The number of nitrogens with zero attached hydrogens (tertiary/aromatic N) is 3. The van der Waals surface area contributed by atoms with Gasteiger partial charge in [0, 0.05) is 50.5 Å². The molecule has 1 saturated heterocycles. The fraction of sp³-hybridized carbons (Fsp3) is 0.696. The fourth-order valence-electron chi connectivity index (χ4n) is 3.73. The Kier molecular flexibility index (Phi) is 13.4. The average molecular weight is 532 g/mol. The van der Waals surface area contributed by atoms with Gasteiger partial charge in [-0.3, -0.25) is 4.90 Å². The highest BCUT2D eigenvalue weighted by Crippen LogP contribution is 2.17. The number of guanidine groups is 1. The van der Waals surface area contributed by atoms with Crippen LogP contribution in [-0.4, -0.2) is 68.9 Å². The van der Waals surface area contributed by atoms with Crippen molar-refractivity contribution < 1.29 is 4.74 Å². The predicted molar refractivity (Wildman–Crippen MR) is 139 cm³/mol. The van der Waals surface area contributed by atoms with Crippen molar-refractivity contribution in [2.45, 2.75) is 59.7 Å². The molecular weight excluding hydrogens is 489 g/mol. The molecule has 0 atom stereocenters. The highest BCUT2D eigenvalue weighted by atomic mass is 127. The first-order valence-electron chi connectivity index (χ1n) is 11.2. The molecule has 7 heteroatoms. The Bertz CT molecular complexity index is 592. The van der Waals surface area contributed by atoms with Gasteiger partial charge in [0.1, 0.15) is 0 Å². The number of nitrogens with one attached hydrogen (secondary N) is 2. The summed E-state index contributed by atoms with van der Waals surface area (Å²) >= 11 is 0. The van der Waals surface area contributed by atoms with Crippen LogP contribution in [0.3, 0.4) is 0 Å². The number of aliphatic imine (C=N–C) groups is 1. The Labute approximate surface area is 200 Å². The molecule has 0 radical (unpaired) electrons. The molecule has 6 nitrogen and oxygen atoms in total. The summed E-state index contributed by atoms with van der Waals surface area (Å²) in [5, 5.41) is 6.83. The molecule has 0 spiro atoms. The number of morpholine rings is 1. The van der Waals surface area contributed by atoms with E-state index in [1.165, 1.54) is 11.3 Å². The lowest BCUT2D eigenvalue weighted by atomic mass is 10.2. The van der Waals surface area contributed by atoms with Crippen molar-refractivity contribution in [2.24, 2.45) is 4.99 Å². The van der Waals surface area contributed by atoms with E-state index in [4.69, 9.17) is 9.73 Å². The summed E-state index contributed by atoms with van der Waals surface area (Å²) in [7, 11) is 0. The molecule has 172 valence electrons. The van der Waals surface area contributed by atoms with Gasteiger partial charge < -0.3 is 20.3 Å². The number of anilines is 1. The molecule has 30 heavy (non-hydrogen) atoms. The van der Waals surface area contributed by atoms with Crippen LogP contribution in [0.25, 0.3) is 0 Å². The summed E-state index contributed by atoms with van der Waals surface area (Å²) in [5.74, 6) is 0.894. The van der Waals surface area contributed by atoms with Gasteiger partial charge in [0.25, 0.3) is 0 Å². The van der Waals surface area contributed by atoms with Crippen LogP contribution in [0.5, 0.6) is 0 Å². The summed E-state index contributed by atoms with van der Waals surface area (Å²) in [6, 6.07) is 9.92. The van der Waals surface area contributed by atoms with Gasteiger partial charge in [-0.25, -0.2) is 4.99 Å². The number of benzene rings is 1. The molecule has 0 aromatic heterocycles. The Morgan fingerprint density at radius 1 is 1.07 bits per heavy atom. The molecule has 0 saturated carbocycles. The van der Waals surface area contributed by atoms with E-state index in [0.717, 1.165) is 58.3 Å². The molecule has 1 aliphatic rings. The summed E-state index contributed by atoms with van der Waals surface area (Å²) in [6.45, 7) is 18.3. The maximum absolute atomic E-state index is 5.43. The normalized spacial score (nSPS) is 14.9. The van der Waals surface area contributed by atoms with Gasteiger partial charge in [-0.2, -0.15) is 0 Å². The first kappa shape index (κ1) is 27.0. The lowest BCUT2D eigenvalue weighted by molar-refractivity contribution is 0.122. The monoisotopic (exact) mass is 531 g/mol. The van der Waals surface area contributed by atoms with E-state index in [9.17, 15) is 0 Å². The summed E-state index contributed by atoms with van der Waals surface area (Å²) in [5.41, 5.74) is 2.50. The lowest BCUT2D eigenvalue weighted by Gasteiger charge is -2.30. The summed E-state index contributed by atoms with van der Waals surface area (Å²) in [6.07, 6.45) is 1.11. The van der Waals surface area contributed by atoms with Crippen LogP contribution < -0.4 is 15.5 Å². The highest BCUT2D eigenvalue weighted by molar-refractivity contribution is 14.0. The van der Waals surface area contributed by atoms with Gasteiger partial charge in [-0.15, -0.1) is 24.0 Å². The van der Waals surface area contributed by atoms with Crippen molar-refractivity contribution in [1.29, 1.82) is 0 Å². The van der Waals surface area contributed by atoms with Gasteiger partial charge in [-0.1, -0.05) is 12.1 Å². The molecule has 1 aliphatic heterocycles. The molecule has 0 aliphatic carbocycles. The number of hydrogen-bond acceptors (Lipinski definition) is 4. The zero-order valence-corrected chi connectivity index (χ0v) is 21.8. The smallest absolute Gasteiger partial charge is 0.191 e. The quantitative estimate of drug-likeness (QED) is 0.209. The highest BCUT2D eigenvalue weighted by Gasteiger charge is 2.12. The Hall–Kier alpha value is -1.06. The molecular formula is C23H42IN5O. The number of hydrogen-bond donors (Lipinski definition) is 2. The topological polar surface area (TPSA) is 52.1 Å². The zero-order chi connectivity index (χ0) is 21.1. The van der Waals surface area contributed by atoms with Gasteiger partial charge in [0.15, 0.2) is 5.96 Å². The molecule has 1 aromatic rings. The zero-order valence-electron chi connectivity index (χ0n) is 19.5. The van der Waals surface area contributed by atoms with Gasteiger partial charge in [0.2, 0.25) is 0 Å². The largest absolute Gasteiger partial charge is 0.378 e. The third kappa shape index (κ3) is 9.39. The van der Waals surface area contributed by atoms with E-state index >= 15 is 0 Å².